The lowest BCUT2D eigenvalue weighted by atomic mass is 10.2. The molecule has 1 rings (SSSR count). The summed E-state index contributed by atoms with van der Waals surface area (Å²) in [5.74, 6) is -1.06. The number of amides is 1. The molecule has 1 aliphatic rings. The molecule has 1 fully saturated rings. The smallest absolute Gasteiger partial charge is 0.320 e. The highest BCUT2D eigenvalue weighted by molar-refractivity contribution is 5.78. The summed E-state index contributed by atoms with van der Waals surface area (Å²) in [6.45, 7) is 23.5. The highest BCUT2D eigenvalue weighted by Gasteiger charge is 2.25. The van der Waals surface area contributed by atoms with Gasteiger partial charge in [-0.2, -0.15) is 0 Å². The van der Waals surface area contributed by atoms with Crippen molar-refractivity contribution in [3.8, 4) is 0 Å². The van der Waals surface area contributed by atoms with Crippen LogP contribution in [0.25, 0.3) is 0 Å². The molecule has 0 unspecified atom stereocenters. The van der Waals surface area contributed by atoms with Crippen LogP contribution >= 0.6 is 0 Å². The molecule has 0 spiro atoms. The van der Waals surface area contributed by atoms with Crippen LogP contribution in [0.4, 0.5) is 0 Å². The summed E-state index contributed by atoms with van der Waals surface area (Å²) >= 11 is 0. The Morgan fingerprint density at radius 1 is 0.500 bits per heavy atom. The molecule has 0 aliphatic carbocycles. The van der Waals surface area contributed by atoms with E-state index in [1.807, 2.05) is 88.8 Å². The van der Waals surface area contributed by atoms with Crippen molar-refractivity contribution in [1.82, 2.24) is 24.9 Å². The minimum absolute atomic E-state index is 0.0782. The van der Waals surface area contributed by atoms with Crippen molar-refractivity contribution in [1.29, 1.82) is 0 Å². The maximum Gasteiger partial charge on any atom is 0.320 e. The predicted molar refractivity (Wildman–Crippen MR) is 162 cm³/mol. The molecule has 1 N–H and O–H groups in total. The lowest BCUT2D eigenvalue weighted by Crippen LogP contribution is -2.50. The number of esters is 3. The molecule has 0 saturated carbocycles. The third-order valence-corrected chi connectivity index (χ3v) is 5.99. The first-order valence-corrected chi connectivity index (χ1v) is 15.1. The van der Waals surface area contributed by atoms with Crippen molar-refractivity contribution in [2.45, 2.75) is 86.0 Å². The Morgan fingerprint density at radius 3 is 0.952 bits per heavy atom. The number of nitrogens with one attached hydrogen (secondary N) is 1. The van der Waals surface area contributed by atoms with Gasteiger partial charge in [0.1, 0.15) is 16.8 Å². The fourth-order valence-electron chi connectivity index (χ4n) is 4.34. The molecule has 244 valence electrons. The van der Waals surface area contributed by atoms with Crippen LogP contribution < -0.4 is 5.32 Å². The van der Waals surface area contributed by atoms with Gasteiger partial charge in [-0.05, 0) is 69.2 Å². The van der Waals surface area contributed by atoms with Crippen molar-refractivity contribution in [2.75, 3.05) is 85.1 Å². The topological polar surface area (TPSA) is 121 Å². The average Bonchev–Trinajstić information content (AvgIpc) is 2.77. The molecule has 1 heterocycles. The fraction of sp³-hybridized carbons (Fsp3) is 0.867. The van der Waals surface area contributed by atoms with Crippen LogP contribution in [-0.2, 0) is 33.4 Å². The van der Waals surface area contributed by atoms with E-state index in [0.29, 0.717) is 58.9 Å². The summed E-state index contributed by atoms with van der Waals surface area (Å²) in [6.07, 6.45) is 0. The van der Waals surface area contributed by atoms with Gasteiger partial charge in [-0.1, -0.05) is 0 Å². The number of carbonyl (C=O) groups is 4. The number of carbonyl (C=O) groups excluding carboxylic acids is 4. The van der Waals surface area contributed by atoms with Crippen molar-refractivity contribution >= 4 is 23.8 Å². The number of hydrogen-bond acceptors (Lipinski definition) is 11. The molecule has 0 aromatic heterocycles. The van der Waals surface area contributed by atoms with Gasteiger partial charge in [-0.25, -0.2) is 0 Å². The summed E-state index contributed by atoms with van der Waals surface area (Å²) in [5, 5.41) is 2.85. The molecule has 12 nitrogen and oxygen atoms in total. The maximum atomic E-state index is 12.7. The molecule has 42 heavy (non-hydrogen) atoms. The van der Waals surface area contributed by atoms with Gasteiger partial charge in [-0.3, -0.25) is 38.8 Å². The maximum absolute atomic E-state index is 12.7. The third kappa shape index (κ3) is 19.0. The lowest BCUT2D eigenvalue weighted by molar-refractivity contribution is -0.158. The monoisotopic (exact) mass is 599 g/mol. The second-order valence-corrected chi connectivity index (χ2v) is 13.8. The zero-order chi connectivity index (χ0) is 32.1. The Kier molecular flexibility index (Phi) is 15.4. The normalized spacial score (nSPS) is 18.0. The van der Waals surface area contributed by atoms with E-state index in [1.165, 1.54) is 0 Å². The molecule has 1 aliphatic heterocycles. The quantitative estimate of drug-likeness (QED) is 0.306. The Hall–Kier alpha value is -2.28. The second-order valence-electron chi connectivity index (χ2n) is 13.8. The third-order valence-electron chi connectivity index (χ3n) is 5.99. The summed E-state index contributed by atoms with van der Waals surface area (Å²) < 4.78 is 16.7. The van der Waals surface area contributed by atoms with E-state index in [-0.39, 0.29) is 50.0 Å². The number of ether oxygens (including phenoxy) is 3. The summed E-state index contributed by atoms with van der Waals surface area (Å²) in [7, 11) is 0. The number of likely N-dealkylation sites (N-methyl/N-ethyl adjacent to an activating group) is 1. The fourth-order valence-corrected chi connectivity index (χ4v) is 4.34. The summed E-state index contributed by atoms with van der Waals surface area (Å²) in [6, 6.07) is 0. The van der Waals surface area contributed by atoms with Crippen LogP contribution in [0.1, 0.15) is 69.2 Å². The van der Waals surface area contributed by atoms with Gasteiger partial charge in [0.2, 0.25) is 5.91 Å². The largest absolute Gasteiger partial charge is 0.459 e. The van der Waals surface area contributed by atoms with Crippen molar-refractivity contribution in [3.63, 3.8) is 0 Å². The Balaban J connectivity index is 3.18. The highest BCUT2D eigenvalue weighted by atomic mass is 16.6. The van der Waals surface area contributed by atoms with Crippen LogP contribution in [0.2, 0.25) is 0 Å². The lowest BCUT2D eigenvalue weighted by Gasteiger charge is -2.34. The highest BCUT2D eigenvalue weighted by Crippen LogP contribution is 2.11. The van der Waals surface area contributed by atoms with E-state index in [1.54, 1.807) is 0 Å². The van der Waals surface area contributed by atoms with Crippen molar-refractivity contribution in [3.05, 3.63) is 0 Å². The molecular weight excluding hydrogens is 542 g/mol. The first kappa shape index (κ1) is 37.7. The zero-order valence-electron chi connectivity index (χ0n) is 27.8. The molecule has 0 aromatic carbocycles. The average molecular weight is 600 g/mol. The SMILES string of the molecule is CCNC(=O)CN1CCN(CC(=O)OC(C)(C)C)CCN(CC(=O)OC(C)(C)C)CCN(CC(=O)OC(C)(C)C)CC1. The van der Waals surface area contributed by atoms with E-state index < -0.39 is 16.8 Å². The van der Waals surface area contributed by atoms with E-state index in [2.05, 4.69) is 5.32 Å². The summed E-state index contributed by atoms with van der Waals surface area (Å²) in [4.78, 5) is 58.7. The van der Waals surface area contributed by atoms with Crippen LogP contribution in [0.5, 0.6) is 0 Å². The minimum Gasteiger partial charge on any atom is -0.459 e. The van der Waals surface area contributed by atoms with Gasteiger partial charge in [0.05, 0.1) is 26.2 Å². The first-order chi connectivity index (χ1) is 19.2. The first-order valence-electron chi connectivity index (χ1n) is 15.1. The van der Waals surface area contributed by atoms with E-state index >= 15 is 0 Å². The van der Waals surface area contributed by atoms with E-state index in [4.69, 9.17) is 14.2 Å². The Morgan fingerprint density at radius 2 is 0.738 bits per heavy atom. The molecule has 0 atom stereocenters. The molecule has 1 amide bonds. The molecule has 1 saturated heterocycles. The number of nitrogens with zero attached hydrogens (tertiary/aromatic N) is 4. The molecule has 0 bridgehead atoms. The van der Waals surface area contributed by atoms with Crippen LogP contribution in [0, 0.1) is 0 Å². The minimum atomic E-state index is -0.609. The number of hydrogen-bond donors (Lipinski definition) is 1. The number of rotatable bonds is 9. The van der Waals surface area contributed by atoms with Gasteiger partial charge in [-0.15, -0.1) is 0 Å². The molecule has 0 aromatic rings. The van der Waals surface area contributed by atoms with Crippen LogP contribution in [-0.4, -0.2) is 145 Å². The Bertz CT molecular complexity index is 831. The second kappa shape index (κ2) is 17.1. The molecule has 12 heteroatoms. The summed E-state index contributed by atoms with van der Waals surface area (Å²) in [5.41, 5.74) is -1.81. The Labute approximate surface area is 253 Å². The van der Waals surface area contributed by atoms with Gasteiger partial charge in [0.15, 0.2) is 0 Å². The van der Waals surface area contributed by atoms with Crippen LogP contribution in [0.15, 0.2) is 0 Å². The van der Waals surface area contributed by atoms with Gasteiger partial charge >= 0.3 is 17.9 Å². The van der Waals surface area contributed by atoms with E-state index in [9.17, 15) is 19.2 Å². The van der Waals surface area contributed by atoms with Crippen molar-refractivity contribution < 1.29 is 33.4 Å². The van der Waals surface area contributed by atoms with Gasteiger partial charge in [0, 0.05) is 58.9 Å². The van der Waals surface area contributed by atoms with Crippen molar-refractivity contribution in [2.24, 2.45) is 0 Å². The van der Waals surface area contributed by atoms with Gasteiger partial charge in [0.25, 0.3) is 0 Å². The van der Waals surface area contributed by atoms with Gasteiger partial charge < -0.3 is 19.5 Å². The molecular formula is C30H57N5O7. The van der Waals surface area contributed by atoms with E-state index in [0.717, 1.165) is 0 Å². The van der Waals surface area contributed by atoms with Crippen LogP contribution in [0.3, 0.4) is 0 Å². The predicted octanol–water partition coefficient (Wildman–Crippen LogP) is 1.37. The zero-order valence-corrected chi connectivity index (χ0v) is 27.8. The standard InChI is InChI=1S/C30H57N5O7/c1-11-31-24(36)20-32-12-14-33(21-25(37)40-28(2,3)4)16-18-35(23-27(39)42-30(8,9)10)19-17-34(15-13-32)22-26(38)41-29(5,6)7/h11-23H2,1-10H3,(H,31,36). The molecule has 0 radical (unpaired) electrons.